The first-order valence-corrected chi connectivity index (χ1v) is 6.35. The summed E-state index contributed by atoms with van der Waals surface area (Å²) < 4.78 is 0. The number of hydrogen-bond acceptors (Lipinski definition) is 6. The van der Waals surface area contributed by atoms with Crippen LogP contribution in [0.25, 0.3) is 0 Å². The maximum Gasteiger partial charge on any atom is 0.205 e. The van der Waals surface area contributed by atoms with Gasteiger partial charge in [0.1, 0.15) is 5.01 Å². The predicted octanol–water partition coefficient (Wildman–Crippen LogP) is 1.58. The van der Waals surface area contributed by atoms with Gasteiger partial charge in [-0.1, -0.05) is 18.3 Å². The van der Waals surface area contributed by atoms with Crippen molar-refractivity contribution >= 4 is 28.2 Å². The Balaban J connectivity index is 2.30. The summed E-state index contributed by atoms with van der Waals surface area (Å²) >= 11 is 3.37. The highest BCUT2D eigenvalue weighted by atomic mass is 32.2. The molecule has 1 aromatic rings. The first-order chi connectivity index (χ1) is 6.76. The maximum atomic E-state index is 8.73. The van der Waals surface area contributed by atoms with Gasteiger partial charge in [0, 0.05) is 24.7 Å². The van der Waals surface area contributed by atoms with E-state index in [0.29, 0.717) is 5.25 Å². The monoisotopic (exact) mass is 233 g/mol. The van der Waals surface area contributed by atoms with Gasteiger partial charge in [-0.15, -0.1) is 10.2 Å². The zero-order valence-electron chi connectivity index (χ0n) is 8.36. The number of aliphatic hydroxyl groups is 1. The van der Waals surface area contributed by atoms with Crippen LogP contribution in [0.15, 0.2) is 0 Å². The van der Waals surface area contributed by atoms with Gasteiger partial charge in [-0.3, -0.25) is 0 Å². The van der Waals surface area contributed by atoms with Crippen LogP contribution in [0.3, 0.4) is 0 Å². The van der Waals surface area contributed by atoms with Crippen molar-refractivity contribution in [1.82, 2.24) is 10.2 Å². The van der Waals surface area contributed by atoms with E-state index in [-0.39, 0.29) is 6.61 Å². The Morgan fingerprint density at radius 1 is 1.57 bits per heavy atom. The molecule has 4 nitrogen and oxygen atoms in total. The van der Waals surface area contributed by atoms with Gasteiger partial charge < -0.3 is 10.4 Å². The number of anilines is 1. The molecule has 0 saturated heterocycles. The molecule has 1 heterocycles. The quantitative estimate of drug-likeness (QED) is 0.781. The summed E-state index contributed by atoms with van der Waals surface area (Å²) in [5.74, 6) is 0.876. The minimum atomic E-state index is 0.256. The summed E-state index contributed by atoms with van der Waals surface area (Å²) in [4.78, 5) is 0. The number of hydrogen-bond donors (Lipinski definition) is 2. The zero-order chi connectivity index (χ0) is 10.4. The van der Waals surface area contributed by atoms with E-state index in [0.717, 1.165) is 22.3 Å². The normalized spacial score (nSPS) is 12.8. The van der Waals surface area contributed by atoms with Gasteiger partial charge in [0.2, 0.25) is 5.13 Å². The fraction of sp³-hybridized carbons (Fsp3) is 0.750. The van der Waals surface area contributed by atoms with Gasteiger partial charge in [0.15, 0.2) is 0 Å². The van der Waals surface area contributed by atoms with Gasteiger partial charge in [-0.25, -0.2) is 0 Å². The fourth-order valence-electron chi connectivity index (χ4n) is 0.892. The van der Waals surface area contributed by atoms with Crippen LogP contribution in [0.2, 0.25) is 0 Å². The molecule has 0 radical (unpaired) electrons. The SMILES string of the molecule is CNc1nnc(CSC(C)CCO)s1. The van der Waals surface area contributed by atoms with Crippen molar-refractivity contribution in [2.24, 2.45) is 0 Å². The van der Waals surface area contributed by atoms with Crippen LogP contribution in [0.4, 0.5) is 5.13 Å². The summed E-state index contributed by atoms with van der Waals surface area (Å²) in [5.41, 5.74) is 0. The second kappa shape index (κ2) is 6.21. The molecule has 1 rings (SSSR count). The molecule has 0 amide bonds. The third-order valence-corrected chi connectivity index (χ3v) is 4.08. The predicted molar refractivity (Wildman–Crippen MR) is 61.9 cm³/mol. The number of rotatable bonds is 6. The average molecular weight is 233 g/mol. The highest BCUT2D eigenvalue weighted by Crippen LogP contribution is 2.23. The molecule has 0 aromatic carbocycles. The molecular weight excluding hydrogens is 218 g/mol. The third kappa shape index (κ3) is 3.81. The number of aliphatic hydroxyl groups excluding tert-OH is 1. The molecule has 80 valence electrons. The Morgan fingerprint density at radius 2 is 2.36 bits per heavy atom. The Morgan fingerprint density at radius 3 is 2.93 bits per heavy atom. The largest absolute Gasteiger partial charge is 0.396 e. The highest BCUT2D eigenvalue weighted by molar-refractivity contribution is 7.99. The molecule has 0 aliphatic heterocycles. The molecular formula is C8H15N3OS2. The van der Waals surface area contributed by atoms with Gasteiger partial charge in [-0.05, 0) is 6.42 Å². The van der Waals surface area contributed by atoms with E-state index >= 15 is 0 Å². The lowest BCUT2D eigenvalue weighted by Crippen LogP contribution is -1.99. The van der Waals surface area contributed by atoms with Crippen LogP contribution in [-0.2, 0) is 5.75 Å². The lowest BCUT2D eigenvalue weighted by atomic mass is 10.3. The summed E-state index contributed by atoms with van der Waals surface area (Å²) in [6, 6.07) is 0. The molecule has 1 aromatic heterocycles. The van der Waals surface area contributed by atoms with E-state index in [4.69, 9.17) is 5.11 Å². The maximum absolute atomic E-state index is 8.73. The van der Waals surface area contributed by atoms with E-state index in [1.54, 1.807) is 23.1 Å². The topological polar surface area (TPSA) is 58.0 Å². The van der Waals surface area contributed by atoms with Crippen LogP contribution in [0.5, 0.6) is 0 Å². The Kier molecular flexibility index (Phi) is 5.21. The van der Waals surface area contributed by atoms with E-state index < -0.39 is 0 Å². The van der Waals surface area contributed by atoms with Crippen molar-refractivity contribution in [3.63, 3.8) is 0 Å². The number of nitrogens with one attached hydrogen (secondary N) is 1. The third-order valence-electron chi connectivity index (χ3n) is 1.71. The summed E-state index contributed by atoms with van der Waals surface area (Å²) in [6.07, 6.45) is 0.836. The van der Waals surface area contributed by atoms with Gasteiger partial charge in [-0.2, -0.15) is 11.8 Å². The number of nitrogens with zero attached hydrogens (tertiary/aromatic N) is 2. The average Bonchev–Trinajstić information content (AvgIpc) is 2.63. The highest BCUT2D eigenvalue weighted by Gasteiger charge is 2.06. The summed E-state index contributed by atoms with van der Waals surface area (Å²) in [6.45, 7) is 2.37. The molecule has 1 atom stereocenters. The Hall–Kier alpha value is -0.330. The van der Waals surface area contributed by atoms with Crippen molar-refractivity contribution in [2.75, 3.05) is 19.0 Å². The molecule has 0 aliphatic carbocycles. The van der Waals surface area contributed by atoms with Crippen LogP contribution in [-0.4, -0.2) is 34.2 Å². The van der Waals surface area contributed by atoms with Gasteiger partial charge in [0.05, 0.1) is 0 Å². The fourth-order valence-corrected chi connectivity index (χ4v) is 2.58. The van der Waals surface area contributed by atoms with Gasteiger partial charge in [0.25, 0.3) is 0 Å². The minimum absolute atomic E-state index is 0.256. The van der Waals surface area contributed by atoms with Crippen LogP contribution < -0.4 is 5.32 Å². The van der Waals surface area contributed by atoms with Crippen molar-refractivity contribution in [2.45, 2.75) is 24.3 Å². The molecule has 0 aliphatic rings. The number of thioether (sulfide) groups is 1. The molecule has 2 N–H and O–H groups in total. The smallest absolute Gasteiger partial charge is 0.205 e. The van der Waals surface area contributed by atoms with Crippen LogP contribution in [0, 0.1) is 0 Å². The standard InChI is InChI=1S/C8H15N3OS2/c1-6(3-4-12)13-5-7-10-11-8(9-2)14-7/h6,12H,3-5H2,1-2H3,(H,9,11). The van der Waals surface area contributed by atoms with E-state index in [1.165, 1.54) is 0 Å². The summed E-state index contributed by atoms with van der Waals surface area (Å²) in [7, 11) is 1.84. The molecule has 0 spiro atoms. The van der Waals surface area contributed by atoms with Crippen molar-refractivity contribution in [3.8, 4) is 0 Å². The summed E-state index contributed by atoms with van der Waals surface area (Å²) in [5, 5.41) is 22.0. The Labute approximate surface area is 92.1 Å². The number of aromatic nitrogens is 2. The molecule has 0 saturated carbocycles. The first kappa shape index (κ1) is 11.7. The zero-order valence-corrected chi connectivity index (χ0v) is 9.99. The van der Waals surface area contributed by atoms with Crippen molar-refractivity contribution < 1.29 is 5.11 Å². The lowest BCUT2D eigenvalue weighted by molar-refractivity contribution is 0.289. The van der Waals surface area contributed by atoms with E-state index in [1.807, 2.05) is 7.05 Å². The first-order valence-electron chi connectivity index (χ1n) is 4.49. The lowest BCUT2D eigenvalue weighted by Gasteiger charge is -2.06. The van der Waals surface area contributed by atoms with Crippen LogP contribution >= 0.6 is 23.1 Å². The molecule has 0 bridgehead atoms. The second-order valence-corrected chi connectivity index (χ2v) is 5.37. The Bertz CT molecular complexity index is 267. The van der Waals surface area contributed by atoms with Gasteiger partial charge >= 0.3 is 0 Å². The van der Waals surface area contributed by atoms with E-state index in [2.05, 4.69) is 22.4 Å². The molecule has 0 fully saturated rings. The van der Waals surface area contributed by atoms with Crippen molar-refractivity contribution in [1.29, 1.82) is 0 Å². The van der Waals surface area contributed by atoms with Crippen LogP contribution in [0.1, 0.15) is 18.4 Å². The second-order valence-electron chi connectivity index (χ2n) is 2.88. The molecule has 1 unspecified atom stereocenters. The minimum Gasteiger partial charge on any atom is -0.396 e. The molecule has 6 heteroatoms. The van der Waals surface area contributed by atoms with Crippen molar-refractivity contribution in [3.05, 3.63) is 5.01 Å². The van der Waals surface area contributed by atoms with E-state index in [9.17, 15) is 0 Å². The molecule has 14 heavy (non-hydrogen) atoms.